The fourth-order valence-corrected chi connectivity index (χ4v) is 2.59. The zero-order valence-electron chi connectivity index (χ0n) is 9.52. The van der Waals surface area contributed by atoms with Crippen molar-refractivity contribution in [2.75, 3.05) is 13.1 Å². The predicted molar refractivity (Wildman–Crippen MR) is 64.3 cm³/mol. The molecule has 1 aromatic heterocycles. The minimum Gasteiger partial charge on any atom is -0.318 e. The van der Waals surface area contributed by atoms with Gasteiger partial charge in [-0.2, -0.15) is 0 Å². The van der Waals surface area contributed by atoms with Gasteiger partial charge in [0.15, 0.2) is 6.67 Å². The Hall–Kier alpha value is -1.35. The Morgan fingerprint density at radius 2 is 1.94 bits per heavy atom. The molecule has 1 aromatic carbocycles. The van der Waals surface area contributed by atoms with Crippen molar-refractivity contribution in [1.29, 1.82) is 0 Å². The molecule has 1 fully saturated rings. The minimum atomic E-state index is 1.07. The van der Waals surface area contributed by atoms with Crippen LogP contribution in [0.15, 0.2) is 30.6 Å². The Bertz CT molecular complexity index is 469. The summed E-state index contributed by atoms with van der Waals surface area (Å²) < 4.78 is 2.29. The lowest BCUT2D eigenvalue weighted by molar-refractivity contribution is -0.927. The largest absolute Gasteiger partial charge is 0.318 e. The molecular formula is C13H18N3+. The van der Waals surface area contributed by atoms with E-state index < -0.39 is 0 Å². The van der Waals surface area contributed by atoms with Crippen molar-refractivity contribution in [3.63, 3.8) is 0 Å². The number of benzene rings is 1. The van der Waals surface area contributed by atoms with Crippen LogP contribution in [0.2, 0.25) is 0 Å². The first-order chi connectivity index (χ1) is 7.93. The second kappa shape index (κ2) is 4.26. The minimum absolute atomic E-state index is 1.07. The van der Waals surface area contributed by atoms with E-state index in [-0.39, 0.29) is 0 Å². The zero-order chi connectivity index (χ0) is 10.8. The maximum Gasteiger partial charge on any atom is 0.158 e. The van der Waals surface area contributed by atoms with Crippen molar-refractivity contribution < 1.29 is 4.90 Å². The number of imidazole rings is 1. The molecule has 3 heteroatoms. The van der Waals surface area contributed by atoms with Gasteiger partial charge in [0.2, 0.25) is 0 Å². The van der Waals surface area contributed by atoms with Crippen molar-refractivity contribution in [3.8, 4) is 0 Å². The molecule has 2 aromatic rings. The highest BCUT2D eigenvalue weighted by Gasteiger charge is 2.14. The van der Waals surface area contributed by atoms with E-state index in [1.165, 1.54) is 37.9 Å². The van der Waals surface area contributed by atoms with Crippen molar-refractivity contribution in [1.82, 2.24) is 9.55 Å². The SMILES string of the molecule is c1ccc2c(c1)ncn2C[NH+]1CCCCC1. The summed E-state index contributed by atoms with van der Waals surface area (Å²) in [5.74, 6) is 0. The lowest BCUT2D eigenvalue weighted by Crippen LogP contribution is -3.12. The van der Waals surface area contributed by atoms with Gasteiger partial charge < -0.3 is 4.90 Å². The molecule has 1 aliphatic rings. The van der Waals surface area contributed by atoms with Gasteiger partial charge in [-0.05, 0) is 31.4 Å². The molecule has 1 N–H and O–H groups in total. The molecule has 0 spiro atoms. The Morgan fingerprint density at radius 1 is 1.12 bits per heavy atom. The molecule has 0 aliphatic carbocycles. The van der Waals surface area contributed by atoms with Gasteiger partial charge >= 0.3 is 0 Å². The van der Waals surface area contributed by atoms with E-state index in [0.717, 1.165) is 12.2 Å². The summed E-state index contributed by atoms with van der Waals surface area (Å²) >= 11 is 0. The summed E-state index contributed by atoms with van der Waals surface area (Å²) in [6, 6.07) is 8.38. The highest BCUT2D eigenvalue weighted by atomic mass is 15.3. The van der Waals surface area contributed by atoms with Crippen LogP contribution in [-0.4, -0.2) is 22.6 Å². The standard InChI is InChI=1S/C13H17N3/c1-4-8-15(9-5-1)11-16-10-14-12-6-2-3-7-13(12)16/h2-3,6-7,10H,1,4-5,8-9,11H2/p+1. The van der Waals surface area contributed by atoms with E-state index in [1.54, 1.807) is 4.90 Å². The highest BCUT2D eigenvalue weighted by Crippen LogP contribution is 2.10. The number of fused-ring (bicyclic) bond motifs is 1. The molecule has 84 valence electrons. The molecule has 1 aliphatic heterocycles. The number of rotatable bonds is 2. The zero-order valence-corrected chi connectivity index (χ0v) is 9.52. The molecule has 3 nitrogen and oxygen atoms in total. The fourth-order valence-electron chi connectivity index (χ4n) is 2.59. The Balaban J connectivity index is 1.83. The molecule has 2 heterocycles. The number of para-hydroxylation sites is 2. The number of nitrogens with one attached hydrogen (secondary N) is 1. The Kier molecular flexibility index (Phi) is 2.62. The second-order valence-corrected chi connectivity index (χ2v) is 4.67. The molecular weight excluding hydrogens is 198 g/mol. The molecule has 0 saturated carbocycles. The second-order valence-electron chi connectivity index (χ2n) is 4.67. The number of likely N-dealkylation sites (tertiary alicyclic amines) is 1. The molecule has 0 atom stereocenters. The average molecular weight is 216 g/mol. The highest BCUT2D eigenvalue weighted by molar-refractivity contribution is 5.74. The van der Waals surface area contributed by atoms with Crippen molar-refractivity contribution in [2.45, 2.75) is 25.9 Å². The van der Waals surface area contributed by atoms with Crippen LogP contribution in [0.5, 0.6) is 0 Å². The number of hydrogen-bond donors (Lipinski definition) is 1. The number of nitrogens with zero attached hydrogens (tertiary/aromatic N) is 2. The van der Waals surface area contributed by atoms with Crippen LogP contribution in [0.25, 0.3) is 11.0 Å². The monoisotopic (exact) mass is 216 g/mol. The lowest BCUT2D eigenvalue weighted by Gasteiger charge is -2.23. The summed E-state index contributed by atoms with van der Waals surface area (Å²) in [6.45, 7) is 3.69. The molecule has 0 radical (unpaired) electrons. The van der Waals surface area contributed by atoms with E-state index in [4.69, 9.17) is 0 Å². The van der Waals surface area contributed by atoms with Crippen LogP contribution >= 0.6 is 0 Å². The first-order valence-electron chi connectivity index (χ1n) is 6.17. The molecule has 0 bridgehead atoms. The van der Waals surface area contributed by atoms with Crippen LogP contribution in [0.3, 0.4) is 0 Å². The van der Waals surface area contributed by atoms with Gasteiger partial charge in [0, 0.05) is 0 Å². The molecule has 0 amide bonds. The molecule has 3 rings (SSSR count). The molecule has 16 heavy (non-hydrogen) atoms. The van der Waals surface area contributed by atoms with Crippen LogP contribution in [0.1, 0.15) is 19.3 Å². The van der Waals surface area contributed by atoms with E-state index in [0.29, 0.717) is 0 Å². The van der Waals surface area contributed by atoms with Crippen molar-refractivity contribution in [2.24, 2.45) is 0 Å². The lowest BCUT2D eigenvalue weighted by atomic mass is 10.1. The number of aromatic nitrogens is 2. The third-order valence-corrected chi connectivity index (χ3v) is 3.48. The van der Waals surface area contributed by atoms with Gasteiger partial charge in [0.1, 0.15) is 6.33 Å². The van der Waals surface area contributed by atoms with Crippen LogP contribution < -0.4 is 4.90 Å². The normalized spacial score (nSPS) is 18.0. The van der Waals surface area contributed by atoms with Gasteiger partial charge in [-0.1, -0.05) is 12.1 Å². The number of hydrogen-bond acceptors (Lipinski definition) is 1. The average Bonchev–Trinajstić information content (AvgIpc) is 2.74. The van der Waals surface area contributed by atoms with Crippen LogP contribution in [-0.2, 0) is 6.67 Å². The predicted octanol–water partition coefficient (Wildman–Crippen LogP) is 1.06. The maximum atomic E-state index is 4.43. The number of piperidine rings is 1. The summed E-state index contributed by atoms with van der Waals surface area (Å²) in [5.41, 5.74) is 2.37. The third-order valence-electron chi connectivity index (χ3n) is 3.48. The quantitative estimate of drug-likeness (QED) is 0.797. The van der Waals surface area contributed by atoms with Crippen molar-refractivity contribution >= 4 is 11.0 Å². The van der Waals surface area contributed by atoms with Gasteiger partial charge in [-0.3, -0.25) is 4.57 Å². The topological polar surface area (TPSA) is 22.3 Å². The van der Waals surface area contributed by atoms with Gasteiger partial charge in [-0.15, -0.1) is 0 Å². The Labute approximate surface area is 95.7 Å². The maximum absolute atomic E-state index is 4.43. The summed E-state index contributed by atoms with van der Waals surface area (Å²) in [6.07, 6.45) is 6.14. The van der Waals surface area contributed by atoms with Crippen LogP contribution in [0, 0.1) is 0 Å². The number of quaternary nitrogens is 1. The van der Waals surface area contributed by atoms with Gasteiger partial charge in [-0.25, -0.2) is 4.98 Å². The first kappa shape index (κ1) is 9.85. The van der Waals surface area contributed by atoms with Gasteiger partial charge in [0.05, 0.1) is 24.1 Å². The van der Waals surface area contributed by atoms with Crippen LogP contribution in [0.4, 0.5) is 0 Å². The third kappa shape index (κ3) is 1.83. The summed E-state index contributed by atoms with van der Waals surface area (Å²) in [7, 11) is 0. The summed E-state index contributed by atoms with van der Waals surface area (Å²) in [4.78, 5) is 6.12. The van der Waals surface area contributed by atoms with Gasteiger partial charge in [0.25, 0.3) is 0 Å². The summed E-state index contributed by atoms with van der Waals surface area (Å²) in [5, 5.41) is 0. The molecule has 0 unspecified atom stereocenters. The van der Waals surface area contributed by atoms with E-state index >= 15 is 0 Å². The van der Waals surface area contributed by atoms with E-state index in [2.05, 4.69) is 27.8 Å². The smallest absolute Gasteiger partial charge is 0.158 e. The van der Waals surface area contributed by atoms with E-state index in [9.17, 15) is 0 Å². The first-order valence-corrected chi connectivity index (χ1v) is 6.17. The molecule has 1 saturated heterocycles. The fraction of sp³-hybridized carbons (Fsp3) is 0.462. The Morgan fingerprint density at radius 3 is 2.81 bits per heavy atom. The van der Waals surface area contributed by atoms with Crippen molar-refractivity contribution in [3.05, 3.63) is 30.6 Å². The van der Waals surface area contributed by atoms with E-state index in [1.807, 2.05) is 12.4 Å².